The van der Waals surface area contributed by atoms with Crippen molar-refractivity contribution in [1.29, 1.82) is 0 Å². The molecule has 0 unspecified atom stereocenters. The predicted octanol–water partition coefficient (Wildman–Crippen LogP) is 3.28. The molecule has 0 aliphatic heterocycles. The first kappa shape index (κ1) is 15.5. The van der Waals surface area contributed by atoms with Gasteiger partial charge in [-0.25, -0.2) is 0 Å². The molecule has 0 saturated carbocycles. The van der Waals surface area contributed by atoms with E-state index in [1.807, 2.05) is 30.7 Å². The predicted molar refractivity (Wildman–Crippen MR) is 92.4 cm³/mol. The summed E-state index contributed by atoms with van der Waals surface area (Å²) in [7, 11) is 0. The lowest BCUT2D eigenvalue weighted by atomic mass is 10.2. The molecule has 0 bridgehead atoms. The molecule has 0 N–H and O–H groups in total. The Bertz CT molecular complexity index is 1060. The topological polar surface area (TPSA) is 86.9 Å². The van der Waals surface area contributed by atoms with Crippen LogP contribution in [0.4, 0.5) is 0 Å². The van der Waals surface area contributed by atoms with Gasteiger partial charge in [0.25, 0.3) is 11.4 Å². The summed E-state index contributed by atoms with van der Waals surface area (Å²) in [6, 6.07) is 5.09. The van der Waals surface area contributed by atoms with Crippen molar-refractivity contribution in [3.8, 4) is 22.8 Å². The molecule has 4 rings (SSSR count). The van der Waals surface area contributed by atoms with Crippen molar-refractivity contribution in [2.24, 2.45) is 0 Å². The van der Waals surface area contributed by atoms with Crippen LogP contribution in [-0.4, -0.2) is 19.9 Å². The van der Waals surface area contributed by atoms with Crippen LogP contribution in [-0.2, 0) is 6.54 Å². The van der Waals surface area contributed by atoms with Gasteiger partial charge in [0.05, 0.1) is 17.8 Å². The summed E-state index contributed by atoms with van der Waals surface area (Å²) in [6.07, 6.45) is 1.71. The molecule has 7 nitrogen and oxygen atoms in total. The molecule has 0 atom stereocenters. The van der Waals surface area contributed by atoms with Crippen LogP contribution in [0.3, 0.4) is 0 Å². The van der Waals surface area contributed by atoms with Gasteiger partial charge in [-0.1, -0.05) is 10.3 Å². The molecule has 0 fully saturated rings. The molecule has 0 saturated heterocycles. The number of hydrogen-bond donors (Lipinski definition) is 0. The maximum atomic E-state index is 12.2. The molecular formula is C17H14N4O3S. The first-order chi connectivity index (χ1) is 12.1. The summed E-state index contributed by atoms with van der Waals surface area (Å²) in [5, 5.41) is 11.8. The van der Waals surface area contributed by atoms with Crippen LogP contribution in [0.2, 0.25) is 0 Å². The molecule has 8 heteroatoms. The average Bonchev–Trinajstić information content (AvgIpc) is 3.33. The van der Waals surface area contributed by atoms with Crippen LogP contribution in [0.5, 0.6) is 0 Å². The van der Waals surface area contributed by atoms with Crippen LogP contribution >= 0.6 is 11.3 Å². The van der Waals surface area contributed by atoms with Crippen molar-refractivity contribution < 1.29 is 9.05 Å². The molecule has 0 spiro atoms. The van der Waals surface area contributed by atoms with E-state index < -0.39 is 0 Å². The van der Waals surface area contributed by atoms with Gasteiger partial charge in [0.2, 0.25) is 5.82 Å². The molecule has 4 heterocycles. The van der Waals surface area contributed by atoms with Gasteiger partial charge in [0, 0.05) is 28.8 Å². The largest absolute Gasteiger partial charge is 0.361 e. The highest BCUT2D eigenvalue weighted by Crippen LogP contribution is 2.23. The molecule has 4 aromatic heterocycles. The van der Waals surface area contributed by atoms with E-state index in [4.69, 9.17) is 9.05 Å². The van der Waals surface area contributed by atoms with E-state index in [0.717, 1.165) is 16.8 Å². The highest BCUT2D eigenvalue weighted by Gasteiger charge is 2.14. The molecule has 0 radical (unpaired) electrons. The molecule has 25 heavy (non-hydrogen) atoms. The minimum atomic E-state index is -0.124. The summed E-state index contributed by atoms with van der Waals surface area (Å²) in [5.74, 6) is 1.60. The van der Waals surface area contributed by atoms with Gasteiger partial charge in [0.15, 0.2) is 0 Å². The van der Waals surface area contributed by atoms with Crippen molar-refractivity contribution in [2.75, 3.05) is 0 Å². The van der Waals surface area contributed by atoms with E-state index in [9.17, 15) is 4.79 Å². The smallest absolute Gasteiger partial charge is 0.259 e. The van der Waals surface area contributed by atoms with Crippen molar-refractivity contribution >= 4 is 11.3 Å². The third kappa shape index (κ3) is 2.91. The van der Waals surface area contributed by atoms with E-state index in [-0.39, 0.29) is 5.56 Å². The third-order valence-corrected chi connectivity index (χ3v) is 4.63. The van der Waals surface area contributed by atoms with Crippen LogP contribution in [0.15, 0.2) is 49.0 Å². The zero-order chi connectivity index (χ0) is 17.4. The SMILES string of the molecule is Cc1noc(C)c1Cn1cc(-c2nc(-c3ccsc3)no2)ccc1=O. The van der Waals surface area contributed by atoms with Gasteiger partial charge < -0.3 is 13.6 Å². The van der Waals surface area contributed by atoms with Crippen molar-refractivity contribution in [3.05, 3.63) is 62.5 Å². The summed E-state index contributed by atoms with van der Waals surface area (Å²) >= 11 is 1.57. The fraction of sp³-hybridized carbons (Fsp3) is 0.176. The molecular weight excluding hydrogens is 340 g/mol. The van der Waals surface area contributed by atoms with Gasteiger partial charge in [0.1, 0.15) is 5.76 Å². The molecule has 0 aromatic carbocycles. The Hall–Kier alpha value is -3.00. The Morgan fingerprint density at radius 2 is 2.00 bits per heavy atom. The summed E-state index contributed by atoms with van der Waals surface area (Å²) in [6.45, 7) is 4.06. The molecule has 0 aliphatic rings. The second kappa shape index (κ2) is 6.14. The van der Waals surface area contributed by atoms with E-state index in [1.54, 1.807) is 28.2 Å². The zero-order valence-corrected chi connectivity index (χ0v) is 14.4. The second-order valence-electron chi connectivity index (χ2n) is 5.62. The number of pyridine rings is 1. The Balaban J connectivity index is 1.69. The van der Waals surface area contributed by atoms with Gasteiger partial charge in [-0.3, -0.25) is 4.79 Å². The van der Waals surface area contributed by atoms with E-state index in [0.29, 0.717) is 29.6 Å². The number of aromatic nitrogens is 4. The Morgan fingerprint density at radius 1 is 1.12 bits per heavy atom. The summed E-state index contributed by atoms with van der Waals surface area (Å²) in [4.78, 5) is 16.6. The highest BCUT2D eigenvalue weighted by molar-refractivity contribution is 7.08. The van der Waals surface area contributed by atoms with Crippen molar-refractivity contribution in [1.82, 2.24) is 19.9 Å². The van der Waals surface area contributed by atoms with Gasteiger partial charge in [-0.15, -0.1) is 0 Å². The quantitative estimate of drug-likeness (QED) is 0.559. The van der Waals surface area contributed by atoms with Gasteiger partial charge in [-0.05, 0) is 31.4 Å². The minimum Gasteiger partial charge on any atom is -0.361 e. The van der Waals surface area contributed by atoms with Crippen molar-refractivity contribution in [2.45, 2.75) is 20.4 Å². The van der Waals surface area contributed by atoms with Crippen LogP contribution in [0.1, 0.15) is 17.0 Å². The molecule has 126 valence electrons. The third-order valence-electron chi connectivity index (χ3n) is 3.95. The fourth-order valence-corrected chi connectivity index (χ4v) is 3.16. The van der Waals surface area contributed by atoms with E-state index in [2.05, 4.69) is 15.3 Å². The number of aryl methyl sites for hydroxylation is 2. The summed E-state index contributed by atoms with van der Waals surface area (Å²) in [5.41, 5.74) is 3.13. The van der Waals surface area contributed by atoms with Crippen LogP contribution in [0.25, 0.3) is 22.8 Å². The van der Waals surface area contributed by atoms with Crippen LogP contribution in [0, 0.1) is 13.8 Å². The number of thiophene rings is 1. The number of rotatable bonds is 4. The lowest BCUT2D eigenvalue weighted by Crippen LogP contribution is -2.19. The van der Waals surface area contributed by atoms with Crippen LogP contribution < -0.4 is 5.56 Å². The normalized spacial score (nSPS) is 11.1. The van der Waals surface area contributed by atoms with E-state index in [1.165, 1.54) is 6.07 Å². The minimum absolute atomic E-state index is 0.124. The monoisotopic (exact) mass is 354 g/mol. The summed E-state index contributed by atoms with van der Waals surface area (Å²) < 4.78 is 12.1. The van der Waals surface area contributed by atoms with Gasteiger partial charge >= 0.3 is 0 Å². The first-order valence-corrected chi connectivity index (χ1v) is 8.55. The second-order valence-corrected chi connectivity index (χ2v) is 6.40. The average molecular weight is 354 g/mol. The molecule has 0 aliphatic carbocycles. The number of nitrogens with zero attached hydrogens (tertiary/aromatic N) is 4. The Morgan fingerprint density at radius 3 is 2.72 bits per heavy atom. The maximum Gasteiger partial charge on any atom is 0.259 e. The fourth-order valence-electron chi connectivity index (χ4n) is 2.53. The van der Waals surface area contributed by atoms with E-state index >= 15 is 0 Å². The first-order valence-electron chi connectivity index (χ1n) is 7.60. The Labute approximate surface area is 146 Å². The van der Waals surface area contributed by atoms with Gasteiger partial charge in [-0.2, -0.15) is 16.3 Å². The number of hydrogen-bond acceptors (Lipinski definition) is 7. The lowest BCUT2D eigenvalue weighted by molar-refractivity contribution is 0.392. The standard InChI is InChI=1S/C17H14N4O3S/c1-10-14(11(2)23-19-10)8-21-7-12(3-4-15(21)22)17-18-16(20-24-17)13-5-6-25-9-13/h3-7,9H,8H2,1-2H3. The zero-order valence-electron chi connectivity index (χ0n) is 13.6. The molecule has 4 aromatic rings. The lowest BCUT2D eigenvalue weighted by Gasteiger charge is -2.06. The highest BCUT2D eigenvalue weighted by atomic mass is 32.1. The maximum absolute atomic E-state index is 12.2. The van der Waals surface area contributed by atoms with Crippen molar-refractivity contribution in [3.63, 3.8) is 0 Å². The Kier molecular flexibility index (Phi) is 3.81. The molecule has 0 amide bonds.